The second kappa shape index (κ2) is 6.83. The highest BCUT2D eigenvalue weighted by atomic mass is 35.5. The lowest BCUT2D eigenvalue weighted by Crippen LogP contribution is -2.41. The Morgan fingerprint density at radius 2 is 2.18 bits per heavy atom. The van der Waals surface area contributed by atoms with Crippen LogP contribution >= 0.6 is 11.6 Å². The fourth-order valence-corrected chi connectivity index (χ4v) is 2.74. The van der Waals surface area contributed by atoms with Crippen molar-refractivity contribution in [1.29, 1.82) is 0 Å². The van der Waals surface area contributed by atoms with Gasteiger partial charge in [-0.15, -0.1) is 6.58 Å². The molecule has 2 N–H and O–H groups in total. The van der Waals surface area contributed by atoms with Crippen LogP contribution in [0.25, 0.3) is 0 Å². The van der Waals surface area contributed by atoms with Crippen LogP contribution in [-0.2, 0) is 9.59 Å². The highest BCUT2D eigenvalue weighted by Crippen LogP contribution is 2.45. The Bertz CT molecular complexity index is 596. The fourth-order valence-electron chi connectivity index (χ4n) is 2.50. The number of aliphatic carboxylic acids is 1. The van der Waals surface area contributed by atoms with E-state index in [0.29, 0.717) is 12.1 Å². The summed E-state index contributed by atoms with van der Waals surface area (Å²) in [7, 11) is 0. The molecule has 5 nitrogen and oxygen atoms in total. The van der Waals surface area contributed by atoms with E-state index in [2.05, 4.69) is 11.9 Å². The second-order valence-corrected chi connectivity index (χ2v) is 5.82. The maximum Gasteiger partial charge on any atom is 0.341 e. The Hall–Kier alpha value is -2.01. The Labute approximate surface area is 133 Å². The molecule has 1 aromatic carbocycles. The lowest BCUT2D eigenvalue weighted by molar-refractivity contribution is -0.139. The third kappa shape index (κ3) is 3.60. The van der Waals surface area contributed by atoms with Crippen molar-refractivity contribution >= 4 is 29.2 Å². The van der Waals surface area contributed by atoms with Crippen LogP contribution in [0, 0.1) is 5.41 Å². The molecule has 0 aliphatic heterocycles. The van der Waals surface area contributed by atoms with Gasteiger partial charge in [-0.25, -0.2) is 4.79 Å². The van der Waals surface area contributed by atoms with E-state index in [1.54, 1.807) is 24.3 Å². The minimum Gasteiger partial charge on any atom is -0.480 e. The quantitative estimate of drug-likeness (QED) is 0.753. The standard InChI is InChI=1S/C16H18ClNO4/c1-2-6-16(7-3-8-16)15(21)18-11-4-5-13(12(17)9-11)22-10-14(19)20/h2,4-5,9H,1,3,6-8,10H2,(H,18,21)(H,19,20). The molecule has 0 radical (unpaired) electrons. The molecule has 0 bridgehead atoms. The number of benzene rings is 1. The Balaban J connectivity index is 2.04. The van der Waals surface area contributed by atoms with Gasteiger partial charge in [0.1, 0.15) is 5.75 Å². The molecule has 1 aliphatic carbocycles. The van der Waals surface area contributed by atoms with Crippen molar-refractivity contribution in [1.82, 2.24) is 0 Å². The van der Waals surface area contributed by atoms with Gasteiger partial charge in [0.15, 0.2) is 6.61 Å². The van der Waals surface area contributed by atoms with Gasteiger partial charge in [0.25, 0.3) is 0 Å². The van der Waals surface area contributed by atoms with Crippen molar-refractivity contribution in [3.63, 3.8) is 0 Å². The lowest BCUT2D eigenvalue weighted by atomic mass is 9.66. The number of hydrogen-bond acceptors (Lipinski definition) is 3. The van der Waals surface area contributed by atoms with E-state index in [4.69, 9.17) is 21.4 Å². The molecule has 6 heteroatoms. The second-order valence-electron chi connectivity index (χ2n) is 5.41. The van der Waals surface area contributed by atoms with Crippen LogP contribution in [0.1, 0.15) is 25.7 Å². The van der Waals surface area contributed by atoms with Gasteiger partial charge in [-0.05, 0) is 37.5 Å². The molecular formula is C16H18ClNO4. The predicted molar refractivity (Wildman–Crippen MR) is 84.3 cm³/mol. The SMILES string of the molecule is C=CCC1(C(=O)Nc2ccc(OCC(=O)O)c(Cl)c2)CCC1. The first-order valence-corrected chi connectivity index (χ1v) is 7.41. The van der Waals surface area contributed by atoms with Crippen molar-refractivity contribution in [2.45, 2.75) is 25.7 Å². The van der Waals surface area contributed by atoms with E-state index in [-0.39, 0.29) is 22.1 Å². The molecule has 1 fully saturated rings. The van der Waals surface area contributed by atoms with Crippen LogP contribution in [0.3, 0.4) is 0 Å². The van der Waals surface area contributed by atoms with Gasteiger partial charge in [0, 0.05) is 5.69 Å². The zero-order valence-corrected chi connectivity index (χ0v) is 12.9. The van der Waals surface area contributed by atoms with Crippen LogP contribution in [0.2, 0.25) is 5.02 Å². The van der Waals surface area contributed by atoms with Crippen molar-refractivity contribution < 1.29 is 19.4 Å². The fraction of sp³-hybridized carbons (Fsp3) is 0.375. The number of hydrogen-bond donors (Lipinski definition) is 2. The molecule has 1 aromatic rings. The molecule has 1 amide bonds. The molecule has 0 heterocycles. The van der Waals surface area contributed by atoms with E-state index in [9.17, 15) is 9.59 Å². The van der Waals surface area contributed by atoms with Crippen LogP contribution in [0.5, 0.6) is 5.75 Å². The van der Waals surface area contributed by atoms with E-state index in [1.165, 1.54) is 0 Å². The molecule has 22 heavy (non-hydrogen) atoms. The number of allylic oxidation sites excluding steroid dienone is 1. The summed E-state index contributed by atoms with van der Waals surface area (Å²) in [6.07, 6.45) is 5.20. The van der Waals surface area contributed by atoms with Crippen molar-refractivity contribution in [2.75, 3.05) is 11.9 Å². The molecule has 0 aromatic heterocycles. The maximum absolute atomic E-state index is 12.4. The predicted octanol–water partition coefficient (Wildman–Crippen LogP) is 3.49. The largest absolute Gasteiger partial charge is 0.480 e. The smallest absolute Gasteiger partial charge is 0.341 e. The van der Waals surface area contributed by atoms with Crippen LogP contribution in [-0.4, -0.2) is 23.6 Å². The highest BCUT2D eigenvalue weighted by molar-refractivity contribution is 6.32. The first-order valence-electron chi connectivity index (χ1n) is 7.03. The summed E-state index contributed by atoms with van der Waals surface area (Å²) in [6.45, 7) is 3.25. The number of carboxylic acids is 1. The van der Waals surface area contributed by atoms with E-state index >= 15 is 0 Å². The van der Waals surface area contributed by atoms with Crippen molar-refractivity contribution in [3.05, 3.63) is 35.9 Å². The molecule has 0 unspecified atom stereocenters. The number of carboxylic acid groups (broad SMARTS) is 1. The molecule has 1 saturated carbocycles. The van der Waals surface area contributed by atoms with Crippen molar-refractivity contribution in [3.8, 4) is 5.75 Å². The summed E-state index contributed by atoms with van der Waals surface area (Å²) >= 11 is 6.03. The van der Waals surface area contributed by atoms with Gasteiger partial charge in [0.05, 0.1) is 10.4 Å². The summed E-state index contributed by atoms with van der Waals surface area (Å²) in [5.74, 6) is -0.842. The number of rotatable bonds is 7. The molecule has 0 spiro atoms. The van der Waals surface area contributed by atoms with E-state index in [0.717, 1.165) is 19.3 Å². The zero-order valence-electron chi connectivity index (χ0n) is 12.1. The normalized spacial score (nSPS) is 15.5. The molecule has 2 rings (SSSR count). The third-order valence-electron chi connectivity index (χ3n) is 3.87. The van der Waals surface area contributed by atoms with Gasteiger partial charge in [-0.3, -0.25) is 4.79 Å². The number of nitrogens with one attached hydrogen (secondary N) is 1. The molecular weight excluding hydrogens is 306 g/mol. The van der Waals surface area contributed by atoms with Gasteiger partial charge in [-0.1, -0.05) is 24.1 Å². The molecule has 0 atom stereocenters. The first kappa shape index (κ1) is 16.4. The number of halogens is 1. The Morgan fingerprint density at radius 3 is 2.68 bits per heavy atom. The van der Waals surface area contributed by atoms with Gasteiger partial charge in [-0.2, -0.15) is 0 Å². The number of anilines is 1. The number of ether oxygens (including phenoxy) is 1. The Morgan fingerprint density at radius 1 is 1.45 bits per heavy atom. The lowest BCUT2D eigenvalue weighted by Gasteiger charge is -2.39. The summed E-state index contributed by atoms with van der Waals surface area (Å²) in [5.41, 5.74) is 0.209. The minimum absolute atomic E-state index is 0.0334. The summed E-state index contributed by atoms with van der Waals surface area (Å²) < 4.78 is 5.04. The number of carbonyl (C=O) groups is 2. The zero-order chi connectivity index (χ0) is 16.2. The van der Waals surface area contributed by atoms with Gasteiger partial charge in [0.2, 0.25) is 5.91 Å². The van der Waals surface area contributed by atoms with Crippen LogP contribution in [0.15, 0.2) is 30.9 Å². The maximum atomic E-state index is 12.4. The average molecular weight is 324 g/mol. The van der Waals surface area contributed by atoms with Crippen LogP contribution in [0.4, 0.5) is 5.69 Å². The minimum atomic E-state index is -1.08. The number of carbonyl (C=O) groups excluding carboxylic acids is 1. The van der Waals surface area contributed by atoms with Gasteiger partial charge < -0.3 is 15.2 Å². The molecule has 118 valence electrons. The van der Waals surface area contributed by atoms with E-state index < -0.39 is 12.6 Å². The average Bonchev–Trinajstić information content (AvgIpc) is 2.41. The monoisotopic (exact) mass is 323 g/mol. The topological polar surface area (TPSA) is 75.6 Å². The summed E-state index contributed by atoms with van der Waals surface area (Å²) in [6, 6.07) is 4.74. The molecule has 1 aliphatic rings. The molecule has 0 saturated heterocycles. The highest BCUT2D eigenvalue weighted by Gasteiger charge is 2.42. The Kier molecular flexibility index (Phi) is 5.08. The van der Waals surface area contributed by atoms with Crippen LogP contribution < -0.4 is 10.1 Å². The summed E-state index contributed by atoms with van der Waals surface area (Å²) in [4.78, 5) is 22.9. The number of amides is 1. The van der Waals surface area contributed by atoms with E-state index in [1.807, 2.05) is 0 Å². The summed E-state index contributed by atoms with van der Waals surface area (Å²) in [5, 5.41) is 11.7. The third-order valence-corrected chi connectivity index (χ3v) is 4.16. The van der Waals surface area contributed by atoms with Crippen molar-refractivity contribution in [2.24, 2.45) is 5.41 Å². The van der Waals surface area contributed by atoms with Gasteiger partial charge >= 0.3 is 5.97 Å². The first-order chi connectivity index (χ1) is 10.5.